The van der Waals surface area contributed by atoms with E-state index in [-0.39, 0.29) is 10.8 Å². The van der Waals surface area contributed by atoms with Gasteiger partial charge in [-0.2, -0.15) is 9.40 Å². The number of nitrogens with zero attached hydrogens (tertiary/aromatic N) is 5. The first kappa shape index (κ1) is 21.2. The van der Waals surface area contributed by atoms with Gasteiger partial charge in [0.25, 0.3) is 5.91 Å². The van der Waals surface area contributed by atoms with Crippen LogP contribution in [0, 0.1) is 6.92 Å². The molecule has 0 atom stereocenters. The molecule has 8 nitrogen and oxygen atoms in total. The number of sulfonamides is 1. The molecule has 1 saturated heterocycles. The molecule has 0 spiro atoms. The minimum Gasteiger partial charge on any atom is -0.352 e. The summed E-state index contributed by atoms with van der Waals surface area (Å²) in [5.41, 5.74) is 1.36. The molecule has 0 saturated carbocycles. The Hall–Kier alpha value is -2.52. The van der Waals surface area contributed by atoms with Gasteiger partial charge in [0.1, 0.15) is 0 Å². The summed E-state index contributed by atoms with van der Waals surface area (Å²) in [5.74, 6) is 0.722. The first-order valence-electron chi connectivity index (χ1n) is 9.81. The van der Waals surface area contributed by atoms with Gasteiger partial charge in [-0.1, -0.05) is 13.8 Å². The normalized spacial score (nSPS) is 15.0. The summed E-state index contributed by atoms with van der Waals surface area (Å²) in [4.78, 5) is 16.9. The Bertz CT molecular complexity index is 933. The van der Waals surface area contributed by atoms with Crippen molar-refractivity contribution >= 4 is 21.7 Å². The first-order valence-corrected chi connectivity index (χ1v) is 11.3. The van der Waals surface area contributed by atoms with Crippen LogP contribution in [-0.4, -0.2) is 73.0 Å². The summed E-state index contributed by atoms with van der Waals surface area (Å²) in [5, 5.41) is 8.29. The van der Waals surface area contributed by atoms with Gasteiger partial charge in [0.05, 0.1) is 10.6 Å². The van der Waals surface area contributed by atoms with Gasteiger partial charge >= 0.3 is 0 Å². The van der Waals surface area contributed by atoms with E-state index in [1.807, 2.05) is 19.1 Å². The third-order valence-electron chi connectivity index (χ3n) is 5.12. The second-order valence-corrected chi connectivity index (χ2v) is 8.86. The highest BCUT2D eigenvalue weighted by molar-refractivity contribution is 7.89. The van der Waals surface area contributed by atoms with E-state index < -0.39 is 10.0 Å². The molecule has 9 heteroatoms. The topological polar surface area (TPSA) is 86.7 Å². The number of anilines is 1. The minimum atomic E-state index is -3.52. The zero-order chi connectivity index (χ0) is 21.0. The third-order valence-corrected chi connectivity index (χ3v) is 7.18. The number of aryl methyl sites for hydroxylation is 1. The lowest BCUT2D eigenvalue weighted by molar-refractivity contribution is 0.0746. The predicted molar refractivity (Wildman–Crippen MR) is 111 cm³/mol. The van der Waals surface area contributed by atoms with Crippen molar-refractivity contribution in [2.24, 2.45) is 0 Å². The maximum Gasteiger partial charge on any atom is 0.253 e. The fraction of sp³-hybridized carbons (Fsp3) is 0.450. The van der Waals surface area contributed by atoms with Crippen molar-refractivity contribution in [1.29, 1.82) is 0 Å². The SMILES string of the molecule is CCN(CC)S(=O)(=O)c1ccc(C(=O)N2CCN(c3ccc(C)nn3)CC2)cc1. The number of aromatic nitrogens is 2. The van der Waals surface area contributed by atoms with Crippen LogP contribution in [0.1, 0.15) is 29.9 Å². The van der Waals surface area contributed by atoms with E-state index in [2.05, 4.69) is 15.1 Å². The Kier molecular flexibility index (Phi) is 6.49. The molecule has 1 amide bonds. The molecule has 3 rings (SSSR count). The number of amides is 1. The average Bonchev–Trinajstić information content (AvgIpc) is 2.75. The molecular weight excluding hydrogens is 390 g/mol. The van der Waals surface area contributed by atoms with Gasteiger partial charge in [-0.3, -0.25) is 4.79 Å². The summed E-state index contributed by atoms with van der Waals surface area (Å²) >= 11 is 0. The van der Waals surface area contributed by atoms with Crippen LogP contribution in [-0.2, 0) is 10.0 Å². The molecule has 2 aromatic rings. The fourth-order valence-electron chi connectivity index (χ4n) is 3.36. The minimum absolute atomic E-state index is 0.0913. The highest BCUT2D eigenvalue weighted by Crippen LogP contribution is 2.18. The van der Waals surface area contributed by atoms with E-state index in [0.717, 1.165) is 11.5 Å². The van der Waals surface area contributed by atoms with Crippen molar-refractivity contribution in [3.63, 3.8) is 0 Å². The van der Waals surface area contributed by atoms with Crippen molar-refractivity contribution in [3.05, 3.63) is 47.7 Å². The number of rotatable bonds is 6. The summed E-state index contributed by atoms with van der Waals surface area (Å²) in [6.07, 6.45) is 0. The summed E-state index contributed by atoms with van der Waals surface area (Å²) in [6.45, 7) is 8.84. The smallest absolute Gasteiger partial charge is 0.253 e. The van der Waals surface area contributed by atoms with Crippen molar-refractivity contribution in [3.8, 4) is 0 Å². The van der Waals surface area contributed by atoms with Crippen LogP contribution in [0.25, 0.3) is 0 Å². The zero-order valence-electron chi connectivity index (χ0n) is 17.1. The van der Waals surface area contributed by atoms with Gasteiger partial charge in [-0.05, 0) is 43.3 Å². The molecule has 2 heterocycles. The fourth-order valence-corrected chi connectivity index (χ4v) is 4.82. The predicted octanol–water partition coefficient (Wildman–Crippen LogP) is 1.78. The van der Waals surface area contributed by atoms with Gasteiger partial charge in [-0.25, -0.2) is 8.42 Å². The van der Waals surface area contributed by atoms with Crippen molar-refractivity contribution in [2.45, 2.75) is 25.7 Å². The Balaban J connectivity index is 1.65. The summed E-state index contributed by atoms with van der Waals surface area (Å²) < 4.78 is 26.6. The molecular formula is C20H27N5O3S. The highest BCUT2D eigenvalue weighted by atomic mass is 32.2. The number of benzene rings is 1. The van der Waals surface area contributed by atoms with Crippen molar-refractivity contribution in [1.82, 2.24) is 19.4 Å². The molecule has 156 valence electrons. The Morgan fingerprint density at radius 3 is 2.10 bits per heavy atom. The Labute approximate surface area is 172 Å². The van der Waals surface area contributed by atoms with Crippen LogP contribution in [0.15, 0.2) is 41.3 Å². The Morgan fingerprint density at radius 2 is 1.59 bits per heavy atom. The molecule has 0 unspecified atom stereocenters. The molecule has 29 heavy (non-hydrogen) atoms. The van der Waals surface area contributed by atoms with Gasteiger partial charge in [0, 0.05) is 44.8 Å². The lowest BCUT2D eigenvalue weighted by Gasteiger charge is -2.35. The number of hydrogen-bond acceptors (Lipinski definition) is 6. The van der Waals surface area contributed by atoms with Crippen molar-refractivity contribution < 1.29 is 13.2 Å². The lowest BCUT2D eigenvalue weighted by atomic mass is 10.2. The van der Waals surface area contributed by atoms with E-state index >= 15 is 0 Å². The zero-order valence-corrected chi connectivity index (χ0v) is 17.9. The first-order chi connectivity index (χ1) is 13.9. The monoisotopic (exact) mass is 417 g/mol. The summed E-state index contributed by atoms with van der Waals surface area (Å²) in [6, 6.07) is 10.1. The summed E-state index contributed by atoms with van der Waals surface area (Å²) in [7, 11) is -3.52. The Morgan fingerprint density at radius 1 is 0.966 bits per heavy atom. The highest BCUT2D eigenvalue weighted by Gasteiger charge is 2.25. The molecule has 1 fully saturated rings. The molecule has 0 radical (unpaired) electrons. The third kappa shape index (κ3) is 4.56. The average molecular weight is 418 g/mol. The van der Waals surface area contributed by atoms with Crippen LogP contribution in [0.3, 0.4) is 0 Å². The number of piperazine rings is 1. The van der Waals surface area contributed by atoms with Crippen LogP contribution in [0.2, 0.25) is 0 Å². The maximum atomic E-state index is 12.8. The maximum absolute atomic E-state index is 12.8. The van der Waals surface area contributed by atoms with Crippen LogP contribution >= 0.6 is 0 Å². The van der Waals surface area contributed by atoms with Gasteiger partial charge in [-0.15, -0.1) is 5.10 Å². The van der Waals surface area contributed by atoms with E-state index in [0.29, 0.717) is 44.8 Å². The second kappa shape index (κ2) is 8.87. The van der Waals surface area contributed by atoms with E-state index in [1.54, 1.807) is 30.9 Å². The molecule has 0 N–H and O–H groups in total. The van der Waals surface area contributed by atoms with E-state index in [1.165, 1.54) is 16.4 Å². The second-order valence-electron chi connectivity index (χ2n) is 6.93. The molecule has 1 aromatic carbocycles. The van der Waals surface area contributed by atoms with Crippen LogP contribution in [0.4, 0.5) is 5.82 Å². The van der Waals surface area contributed by atoms with Gasteiger partial charge in [0.2, 0.25) is 10.0 Å². The lowest BCUT2D eigenvalue weighted by Crippen LogP contribution is -2.49. The van der Waals surface area contributed by atoms with Crippen LogP contribution in [0.5, 0.6) is 0 Å². The molecule has 0 bridgehead atoms. The van der Waals surface area contributed by atoms with Crippen molar-refractivity contribution in [2.75, 3.05) is 44.2 Å². The van der Waals surface area contributed by atoms with Crippen LogP contribution < -0.4 is 4.90 Å². The largest absolute Gasteiger partial charge is 0.352 e. The van der Waals surface area contributed by atoms with Gasteiger partial charge in [0.15, 0.2) is 5.82 Å². The molecule has 1 aliphatic heterocycles. The molecule has 1 aromatic heterocycles. The van der Waals surface area contributed by atoms with E-state index in [9.17, 15) is 13.2 Å². The number of hydrogen-bond donors (Lipinski definition) is 0. The number of carbonyl (C=O) groups is 1. The quantitative estimate of drug-likeness (QED) is 0.712. The molecule has 1 aliphatic rings. The van der Waals surface area contributed by atoms with E-state index in [4.69, 9.17) is 0 Å². The standard InChI is InChI=1S/C20H27N5O3S/c1-4-25(5-2)29(27,28)18-9-7-17(8-10-18)20(26)24-14-12-23(13-15-24)19-11-6-16(3)21-22-19/h6-11H,4-5,12-15H2,1-3H3. The number of carbonyl (C=O) groups excluding carboxylic acids is 1. The molecule has 0 aliphatic carbocycles. The van der Waals surface area contributed by atoms with Gasteiger partial charge < -0.3 is 9.80 Å².